The molecule has 1 aromatic heterocycles. The Morgan fingerprint density at radius 2 is 2.05 bits per heavy atom. The average molecular weight is 298 g/mol. The molecule has 20 heavy (non-hydrogen) atoms. The maximum Gasteiger partial charge on any atom is 0.316 e. The fourth-order valence-electron chi connectivity index (χ4n) is 1.44. The maximum atomic E-state index is 11.4. The summed E-state index contributed by atoms with van der Waals surface area (Å²) in [6, 6.07) is 0. The van der Waals surface area contributed by atoms with E-state index in [4.69, 9.17) is 10.6 Å². The van der Waals surface area contributed by atoms with E-state index in [2.05, 4.69) is 15.4 Å². The van der Waals surface area contributed by atoms with Crippen LogP contribution in [0.25, 0.3) is 0 Å². The summed E-state index contributed by atoms with van der Waals surface area (Å²) in [6.07, 6.45) is 0. The molecule has 1 heterocycles. The van der Waals surface area contributed by atoms with Crippen LogP contribution in [-0.2, 0) is 14.9 Å². The van der Waals surface area contributed by atoms with Crippen LogP contribution >= 0.6 is 11.8 Å². The Kier molecular flexibility index (Phi) is 5.76. The first kappa shape index (κ1) is 16.7. The van der Waals surface area contributed by atoms with E-state index in [9.17, 15) is 4.79 Å². The van der Waals surface area contributed by atoms with E-state index in [1.165, 1.54) is 11.8 Å². The smallest absolute Gasteiger partial charge is 0.316 e. The SMILES string of the molecule is CCOC(=O)CSc1nc(C(C)(C)C)nc(NN)c1C. The minimum atomic E-state index is -0.255. The second-order valence-electron chi connectivity index (χ2n) is 5.31. The van der Waals surface area contributed by atoms with Crippen molar-refractivity contribution >= 4 is 23.5 Å². The van der Waals surface area contributed by atoms with E-state index in [0.717, 1.165) is 10.6 Å². The van der Waals surface area contributed by atoms with Gasteiger partial charge in [0.1, 0.15) is 16.7 Å². The van der Waals surface area contributed by atoms with E-state index in [-0.39, 0.29) is 17.1 Å². The highest BCUT2D eigenvalue weighted by molar-refractivity contribution is 7.99. The fraction of sp³-hybridized carbons (Fsp3) is 0.615. The van der Waals surface area contributed by atoms with Gasteiger partial charge in [0.15, 0.2) is 0 Å². The Bertz CT molecular complexity index is 486. The Hall–Kier alpha value is -1.34. The van der Waals surface area contributed by atoms with Crippen LogP contribution in [0, 0.1) is 6.92 Å². The zero-order chi connectivity index (χ0) is 15.3. The molecule has 0 radical (unpaired) electrons. The number of nitrogens with one attached hydrogen (secondary N) is 1. The Labute approximate surface area is 123 Å². The number of nitrogens with zero attached hydrogens (tertiary/aromatic N) is 2. The number of anilines is 1. The lowest BCUT2D eigenvalue weighted by Crippen LogP contribution is -2.20. The lowest BCUT2D eigenvalue weighted by atomic mass is 9.95. The van der Waals surface area contributed by atoms with Gasteiger partial charge in [0.05, 0.1) is 12.4 Å². The number of thioether (sulfide) groups is 1. The van der Waals surface area contributed by atoms with Crippen LogP contribution in [0.2, 0.25) is 0 Å². The number of hydrazine groups is 1. The molecule has 0 aliphatic heterocycles. The molecule has 0 aromatic carbocycles. The second kappa shape index (κ2) is 6.90. The van der Waals surface area contributed by atoms with Crippen molar-refractivity contribution in [3.05, 3.63) is 11.4 Å². The quantitative estimate of drug-likeness (QED) is 0.282. The third-order valence-electron chi connectivity index (χ3n) is 2.54. The molecule has 0 saturated heterocycles. The number of rotatable bonds is 5. The highest BCUT2D eigenvalue weighted by Gasteiger charge is 2.21. The number of nitrogen functional groups attached to an aromatic ring is 1. The molecule has 3 N–H and O–H groups in total. The number of hydrogen-bond acceptors (Lipinski definition) is 7. The summed E-state index contributed by atoms with van der Waals surface area (Å²) in [5, 5.41) is 0.742. The number of carbonyl (C=O) groups is 1. The number of esters is 1. The Morgan fingerprint density at radius 1 is 1.40 bits per heavy atom. The molecule has 0 bridgehead atoms. The topological polar surface area (TPSA) is 90.1 Å². The molecule has 0 unspecified atom stereocenters. The van der Waals surface area contributed by atoms with Crippen molar-refractivity contribution in [1.82, 2.24) is 9.97 Å². The van der Waals surface area contributed by atoms with Crippen molar-refractivity contribution in [2.75, 3.05) is 17.8 Å². The van der Waals surface area contributed by atoms with Crippen LogP contribution < -0.4 is 11.3 Å². The molecule has 6 nitrogen and oxygen atoms in total. The Morgan fingerprint density at radius 3 is 2.55 bits per heavy atom. The van der Waals surface area contributed by atoms with Gasteiger partial charge in [-0.1, -0.05) is 32.5 Å². The minimum absolute atomic E-state index is 0.196. The Balaban J connectivity index is 3.02. The second-order valence-corrected chi connectivity index (χ2v) is 6.28. The summed E-state index contributed by atoms with van der Waals surface area (Å²) in [7, 11) is 0. The lowest BCUT2D eigenvalue weighted by molar-refractivity contribution is -0.139. The minimum Gasteiger partial charge on any atom is -0.465 e. The summed E-state index contributed by atoms with van der Waals surface area (Å²) in [5.41, 5.74) is 3.21. The molecule has 0 fully saturated rings. The zero-order valence-corrected chi connectivity index (χ0v) is 13.4. The summed E-state index contributed by atoms with van der Waals surface area (Å²) in [4.78, 5) is 20.4. The summed E-state index contributed by atoms with van der Waals surface area (Å²) in [5.74, 6) is 6.72. The molecule has 0 saturated carbocycles. The molecule has 1 rings (SSSR count). The van der Waals surface area contributed by atoms with E-state index >= 15 is 0 Å². The molecule has 0 amide bonds. The highest BCUT2D eigenvalue weighted by atomic mass is 32.2. The van der Waals surface area contributed by atoms with Crippen molar-refractivity contribution in [1.29, 1.82) is 0 Å². The number of hydrogen-bond donors (Lipinski definition) is 2. The van der Waals surface area contributed by atoms with Crippen LogP contribution in [0.1, 0.15) is 39.1 Å². The molecular formula is C13H22N4O2S. The largest absolute Gasteiger partial charge is 0.465 e. The third kappa shape index (κ3) is 4.35. The van der Waals surface area contributed by atoms with Crippen molar-refractivity contribution < 1.29 is 9.53 Å². The monoisotopic (exact) mass is 298 g/mol. The van der Waals surface area contributed by atoms with Crippen LogP contribution in [0.3, 0.4) is 0 Å². The van der Waals surface area contributed by atoms with Gasteiger partial charge in [-0.25, -0.2) is 15.8 Å². The van der Waals surface area contributed by atoms with E-state index in [0.29, 0.717) is 18.2 Å². The number of carbonyl (C=O) groups excluding carboxylic acids is 1. The number of nitrogens with two attached hydrogens (primary N) is 1. The predicted octanol–water partition coefficient (Wildman–Crippen LogP) is 2.02. The molecule has 0 atom stereocenters. The van der Waals surface area contributed by atoms with E-state index in [1.807, 2.05) is 27.7 Å². The molecule has 0 aliphatic carbocycles. The van der Waals surface area contributed by atoms with Gasteiger partial charge in [0, 0.05) is 11.0 Å². The van der Waals surface area contributed by atoms with Crippen molar-refractivity contribution in [2.45, 2.75) is 45.1 Å². The highest BCUT2D eigenvalue weighted by Crippen LogP contribution is 2.28. The van der Waals surface area contributed by atoms with Gasteiger partial charge in [0.25, 0.3) is 0 Å². The standard InChI is InChI=1S/C13H22N4O2S/c1-6-19-9(18)7-20-11-8(2)10(17-14)15-12(16-11)13(3,4)5/h6-7,14H2,1-5H3,(H,15,16,17). The molecule has 112 valence electrons. The molecule has 0 aliphatic rings. The van der Waals surface area contributed by atoms with Crippen LogP contribution in [-0.4, -0.2) is 28.3 Å². The van der Waals surface area contributed by atoms with Gasteiger partial charge in [-0.15, -0.1) is 0 Å². The van der Waals surface area contributed by atoms with Crippen LogP contribution in [0.5, 0.6) is 0 Å². The van der Waals surface area contributed by atoms with E-state index < -0.39 is 0 Å². The van der Waals surface area contributed by atoms with Gasteiger partial charge in [-0.3, -0.25) is 4.79 Å². The van der Waals surface area contributed by atoms with Gasteiger partial charge in [0.2, 0.25) is 0 Å². The van der Waals surface area contributed by atoms with Crippen molar-refractivity contribution in [3.63, 3.8) is 0 Å². The van der Waals surface area contributed by atoms with Gasteiger partial charge < -0.3 is 10.2 Å². The van der Waals surface area contributed by atoms with Crippen LogP contribution in [0.4, 0.5) is 5.82 Å². The first-order chi connectivity index (χ1) is 9.29. The maximum absolute atomic E-state index is 11.4. The van der Waals surface area contributed by atoms with E-state index in [1.54, 1.807) is 6.92 Å². The fourth-order valence-corrected chi connectivity index (χ4v) is 2.24. The normalized spacial score (nSPS) is 11.3. The van der Waals surface area contributed by atoms with Gasteiger partial charge in [-0.05, 0) is 13.8 Å². The van der Waals surface area contributed by atoms with Crippen molar-refractivity contribution in [3.8, 4) is 0 Å². The summed E-state index contributed by atoms with van der Waals surface area (Å²) < 4.78 is 4.91. The first-order valence-corrected chi connectivity index (χ1v) is 7.42. The molecule has 1 aromatic rings. The molecular weight excluding hydrogens is 276 g/mol. The molecule has 0 spiro atoms. The summed E-state index contributed by atoms with van der Waals surface area (Å²) >= 11 is 1.33. The molecule has 7 heteroatoms. The van der Waals surface area contributed by atoms with Crippen molar-refractivity contribution in [2.24, 2.45) is 5.84 Å². The lowest BCUT2D eigenvalue weighted by Gasteiger charge is -2.19. The average Bonchev–Trinajstić information content (AvgIpc) is 2.36. The first-order valence-electron chi connectivity index (χ1n) is 6.43. The third-order valence-corrected chi connectivity index (χ3v) is 3.59. The number of aromatic nitrogens is 2. The van der Waals surface area contributed by atoms with Crippen LogP contribution in [0.15, 0.2) is 5.03 Å². The summed E-state index contributed by atoms with van der Waals surface area (Å²) in [6.45, 7) is 10.1. The number of ether oxygens (including phenoxy) is 1. The zero-order valence-electron chi connectivity index (χ0n) is 12.6. The van der Waals surface area contributed by atoms with Gasteiger partial charge in [-0.2, -0.15) is 0 Å². The predicted molar refractivity (Wildman–Crippen MR) is 80.6 cm³/mol. The van der Waals surface area contributed by atoms with Gasteiger partial charge >= 0.3 is 5.97 Å².